The van der Waals surface area contributed by atoms with Gasteiger partial charge in [0.1, 0.15) is 0 Å². The van der Waals surface area contributed by atoms with Crippen LogP contribution in [0.1, 0.15) is 26.1 Å². The standard InChI is InChI=1S/C20H19N5/c1-3-5-15(6-4-2)18-23-19(16-7-11-21-12-8-16)25-20(24-18)17-9-13-22-14-10-17/h3,5-14H,4H2,1-2H3/b5-3-,15-6+. The average molecular weight is 329 g/mol. The second kappa shape index (κ2) is 8.06. The predicted octanol–water partition coefficient (Wildman–Crippen LogP) is 4.37. The molecule has 0 bridgehead atoms. The van der Waals surface area contributed by atoms with Gasteiger partial charge in [0.15, 0.2) is 17.5 Å². The number of hydrogen-bond acceptors (Lipinski definition) is 5. The topological polar surface area (TPSA) is 64.5 Å². The third kappa shape index (κ3) is 4.01. The van der Waals surface area contributed by atoms with Crippen molar-refractivity contribution in [1.82, 2.24) is 24.9 Å². The van der Waals surface area contributed by atoms with E-state index in [-0.39, 0.29) is 0 Å². The van der Waals surface area contributed by atoms with E-state index < -0.39 is 0 Å². The summed E-state index contributed by atoms with van der Waals surface area (Å²) in [5.74, 6) is 1.92. The lowest BCUT2D eigenvalue weighted by molar-refractivity contribution is 1.03. The Morgan fingerprint density at radius 1 is 0.840 bits per heavy atom. The van der Waals surface area contributed by atoms with Gasteiger partial charge in [-0.25, -0.2) is 15.0 Å². The lowest BCUT2D eigenvalue weighted by Crippen LogP contribution is -2.02. The molecule has 0 spiro atoms. The molecule has 3 aromatic rings. The third-order valence-electron chi connectivity index (χ3n) is 3.54. The summed E-state index contributed by atoms with van der Waals surface area (Å²) >= 11 is 0. The maximum Gasteiger partial charge on any atom is 0.164 e. The zero-order valence-corrected chi connectivity index (χ0v) is 14.3. The number of allylic oxidation sites excluding steroid dienone is 4. The smallest absolute Gasteiger partial charge is 0.164 e. The van der Waals surface area contributed by atoms with Gasteiger partial charge in [-0.15, -0.1) is 0 Å². The van der Waals surface area contributed by atoms with Gasteiger partial charge in [0.2, 0.25) is 0 Å². The van der Waals surface area contributed by atoms with Gasteiger partial charge in [-0.2, -0.15) is 0 Å². The Kier molecular flexibility index (Phi) is 5.36. The fraction of sp³-hybridized carbons (Fsp3) is 0.150. The summed E-state index contributed by atoms with van der Waals surface area (Å²) in [6, 6.07) is 7.59. The quantitative estimate of drug-likeness (QED) is 0.651. The van der Waals surface area contributed by atoms with Gasteiger partial charge < -0.3 is 0 Å². The van der Waals surface area contributed by atoms with Gasteiger partial charge in [0, 0.05) is 41.5 Å². The van der Waals surface area contributed by atoms with Crippen LogP contribution in [0.2, 0.25) is 0 Å². The molecule has 0 atom stereocenters. The highest BCUT2D eigenvalue weighted by molar-refractivity contribution is 5.72. The second-order valence-electron chi connectivity index (χ2n) is 5.35. The zero-order chi connectivity index (χ0) is 17.5. The molecule has 3 aromatic heterocycles. The minimum atomic E-state index is 0.630. The van der Waals surface area contributed by atoms with E-state index in [4.69, 9.17) is 0 Å². The van der Waals surface area contributed by atoms with Crippen LogP contribution in [0.3, 0.4) is 0 Å². The molecule has 0 N–H and O–H groups in total. The summed E-state index contributed by atoms with van der Waals surface area (Å²) < 4.78 is 0. The van der Waals surface area contributed by atoms with Crippen LogP contribution in [-0.4, -0.2) is 24.9 Å². The van der Waals surface area contributed by atoms with Gasteiger partial charge in [0.05, 0.1) is 0 Å². The lowest BCUT2D eigenvalue weighted by Gasteiger charge is -2.08. The normalized spacial score (nSPS) is 11.8. The Labute approximate surface area is 147 Å². The van der Waals surface area contributed by atoms with Gasteiger partial charge in [-0.05, 0) is 37.6 Å². The molecule has 0 aromatic carbocycles. The van der Waals surface area contributed by atoms with Crippen molar-refractivity contribution in [2.75, 3.05) is 0 Å². The van der Waals surface area contributed by atoms with Gasteiger partial charge in [-0.3, -0.25) is 9.97 Å². The van der Waals surface area contributed by atoms with E-state index in [9.17, 15) is 0 Å². The first-order valence-corrected chi connectivity index (χ1v) is 8.22. The number of nitrogens with zero attached hydrogens (tertiary/aromatic N) is 5. The summed E-state index contributed by atoms with van der Waals surface area (Å²) in [5, 5.41) is 0. The van der Waals surface area contributed by atoms with Crippen molar-refractivity contribution in [3.8, 4) is 22.8 Å². The van der Waals surface area contributed by atoms with E-state index in [0.717, 1.165) is 23.1 Å². The number of rotatable bonds is 5. The van der Waals surface area contributed by atoms with Crippen LogP contribution in [0.4, 0.5) is 0 Å². The molecule has 0 fully saturated rings. The number of hydrogen-bond donors (Lipinski definition) is 0. The predicted molar refractivity (Wildman–Crippen MR) is 99.4 cm³/mol. The summed E-state index contributed by atoms with van der Waals surface area (Å²) in [6.45, 7) is 4.08. The van der Waals surface area contributed by atoms with Crippen molar-refractivity contribution in [2.24, 2.45) is 0 Å². The Hall–Kier alpha value is -3.21. The van der Waals surface area contributed by atoms with E-state index in [1.54, 1.807) is 24.8 Å². The first-order valence-electron chi connectivity index (χ1n) is 8.22. The van der Waals surface area contributed by atoms with E-state index in [2.05, 4.69) is 37.9 Å². The molecule has 124 valence electrons. The van der Waals surface area contributed by atoms with Crippen molar-refractivity contribution in [3.05, 3.63) is 73.1 Å². The van der Waals surface area contributed by atoms with E-state index >= 15 is 0 Å². The molecule has 5 heteroatoms. The largest absolute Gasteiger partial charge is 0.265 e. The first-order chi connectivity index (χ1) is 12.3. The van der Waals surface area contributed by atoms with Crippen molar-refractivity contribution in [1.29, 1.82) is 0 Å². The van der Waals surface area contributed by atoms with Crippen LogP contribution in [0.15, 0.2) is 67.3 Å². The highest BCUT2D eigenvalue weighted by atomic mass is 15.0. The Morgan fingerprint density at radius 2 is 1.36 bits per heavy atom. The second-order valence-corrected chi connectivity index (χ2v) is 5.35. The average Bonchev–Trinajstić information content (AvgIpc) is 2.69. The first kappa shape index (κ1) is 16.6. The van der Waals surface area contributed by atoms with Gasteiger partial charge in [-0.1, -0.05) is 25.2 Å². The third-order valence-corrected chi connectivity index (χ3v) is 3.54. The molecular weight excluding hydrogens is 310 g/mol. The molecular formula is C20H19N5. The van der Waals surface area contributed by atoms with Crippen LogP contribution in [-0.2, 0) is 0 Å². The minimum Gasteiger partial charge on any atom is -0.265 e. The van der Waals surface area contributed by atoms with Crippen molar-refractivity contribution in [3.63, 3.8) is 0 Å². The fourth-order valence-electron chi connectivity index (χ4n) is 2.40. The highest BCUT2D eigenvalue weighted by Gasteiger charge is 2.12. The molecule has 0 aliphatic heterocycles. The van der Waals surface area contributed by atoms with Crippen LogP contribution < -0.4 is 0 Å². The minimum absolute atomic E-state index is 0.630. The molecule has 0 radical (unpaired) electrons. The molecule has 0 aliphatic rings. The summed E-state index contributed by atoms with van der Waals surface area (Å²) in [5.41, 5.74) is 2.80. The van der Waals surface area contributed by atoms with Gasteiger partial charge in [0.25, 0.3) is 0 Å². The van der Waals surface area contributed by atoms with Crippen LogP contribution in [0.25, 0.3) is 28.3 Å². The Balaban J connectivity index is 2.20. The van der Waals surface area contributed by atoms with E-state index in [1.807, 2.05) is 43.3 Å². The summed E-state index contributed by atoms with van der Waals surface area (Å²) in [7, 11) is 0. The monoisotopic (exact) mass is 329 g/mol. The molecule has 0 saturated carbocycles. The molecule has 0 saturated heterocycles. The maximum atomic E-state index is 4.68. The zero-order valence-electron chi connectivity index (χ0n) is 14.3. The molecule has 25 heavy (non-hydrogen) atoms. The highest BCUT2D eigenvalue weighted by Crippen LogP contribution is 2.22. The fourth-order valence-corrected chi connectivity index (χ4v) is 2.40. The number of aromatic nitrogens is 5. The van der Waals surface area contributed by atoms with Crippen LogP contribution in [0.5, 0.6) is 0 Å². The molecule has 5 nitrogen and oxygen atoms in total. The Morgan fingerprint density at radius 3 is 1.80 bits per heavy atom. The van der Waals surface area contributed by atoms with Crippen molar-refractivity contribution in [2.45, 2.75) is 20.3 Å². The SMILES string of the molecule is C/C=C\C(=C/CC)c1nc(-c2ccncc2)nc(-c2ccncc2)n1. The molecule has 3 rings (SSSR count). The summed E-state index contributed by atoms with van der Waals surface area (Å²) in [6.07, 6.45) is 14.0. The Bertz CT molecular complexity index is 829. The van der Waals surface area contributed by atoms with E-state index in [1.165, 1.54) is 0 Å². The maximum absolute atomic E-state index is 4.68. The van der Waals surface area contributed by atoms with Crippen LogP contribution >= 0.6 is 0 Å². The number of pyridine rings is 2. The van der Waals surface area contributed by atoms with Gasteiger partial charge >= 0.3 is 0 Å². The lowest BCUT2D eigenvalue weighted by atomic mass is 10.1. The molecule has 0 unspecified atom stereocenters. The van der Waals surface area contributed by atoms with Crippen molar-refractivity contribution >= 4 is 5.57 Å². The van der Waals surface area contributed by atoms with Crippen LogP contribution in [0, 0.1) is 0 Å². The van der Waals surface area contributed by atoms with E-state index in [0.29, 0.717) is 17.5 Å². The van der Waals surface area contributed by atoms with Crippen molar-refractivity contribution < 1.29 is 0 Å². The summed E-state index contributed by atoms with van der Waals surface area (Å²) in [4.78, 5) is 22.1. The molecule has 0 amide bonds. The molecule has 3 heterocycles. The molecule has 0 aliphatic carbocycles.